The summed E-state index contributed by atoms with van der Waals surface area (Å²) < 4.78 is 39.5. The van der Waals surface area contributed by atoms with Crippen LogP contribution < -0.4 is 15.5 Å². The third-order valence-corrected chi connectivity index (χ3v) is 5.92. The van der Waals surface area contributed by atoms with Crippen molar-refractivity contribution in [1.82, 2.24) is 0 Å². The van der Waals surface area contributed by atoms with Gasteiger partial charge in [-0.3, -0.25) is 14.4 Å². The van der Waals surface area contributed by atoms with Crippen LogP contribution in [0.5, 0.6) is 0 Å². The highest BCUT2D eigenvalue weighted by atomic mass is 35.5. The Bertz CT molecular complexity index is 1420. The summed E-state index contributed by atoms with van der Waals surface area (Å²) in [5.74, 6) is -2.18. The zero-order chi connectivity index (χ0) is 26.2. The summed E-state index contributed by atoms with van der Waals surface area (Å²) in [5.41, 5.74) is -0.197. The SMILES string of the molecule is Cc1ccc(Cl)cc1N1C(=O)C(Cl)=C(Nc2ccc(C(=O)Nc3ccccc3C(F)(F)F)cc2)C1=O. The Hall–Kier alpha value is -3.82. The first-order chi connectivity index (χ1) is 17.0. The van der Waals surface area contributed by atoms with Gasteiger partial charge in [-0.05, 0) is 61.0 Å². The van der Waals surface area contributed by atoms with Gasteiger partial charge in [0.05, 0.1) is 16.9 Å². The van der Waals surface area contributed by atoms with Crippen LogP contribution in [0.1, 0.15) is 21.5 Å². The summed E-state index contributed by atoms with van der Waals surface area (Å²) in [6.45, 7) is 1.71. The molecule has 1 aliphatic rings. The third kappa shape index (κ3) is 4.93. The lowest BCUT2D eigenvalue weighted by Gasteiger charge is -2.18. The van der Waals surface area contributed by atoms with Crippen LogP contribution in [0.4, 0.5) is 30.2 Å². The molecule has 6 nitrogen and oxygen atoms in total. The summed E-state index contributed by atoms with van der Waals surface area (Å²) in [5, 5.41) is 5.03. The number of para-hydroxylation sites is 1. The molecule has 0 saturated heterocycles. The fraction of sp³-hybridized carbons (Fsp3) is 0.0800. The van der Waals surface area contributed by atoms with E-state index in [1.807, 2.05) is 0 Å². The molecule has 3 aromatic rings. The standard InChI is InChI=1S/C25H16Cl2F3N3O3/c1-13-6-9-15(26)12-19(13)33-23(35)20(27)21(24(33)36)31-16-10-7-14(8-11-16)22(34)32-18-5-3-2-4-17(18)25(28,29)30/h2-12,31H,1H3,(H,32,34). The van der Waals surface area contributed by atoms with Gasteiger partial charge in [-0.25, -0.2) is 4.90 Å². The maximum absolute atomic E-state index is 13.2. The zero-order valence-electron chi connectivity index (χ0n) is 18.4. The maximum atomic E-state index is 13.2. The van der Waals surface area contributed by atoms with Gasteiger partial charge >= 0.3 is 6.18 Å². The van der Waals surface area contributed by atoms with Crippen molar-refractivity contribution in [2.24, 2.45) is 0 Å². The molecule has 3 aromatic carbocycles. The minimum absolute atomic E-state index is 0.0719. The van der Waals surface area contributed by atoms with Crippen LogP contribution in [-0.2, 0) is 15.8 Å². The number of nitrogens with one attached hydrogen (secondary N) is 2. The lowest BCUT2D eigenvalue weighted by Crippen LogP contribution is -2.32. The van der Waals surface area contributed by atoms with Crippen molar-refractivity contribution in [2.75, 3.05) is 15.5 Å². The molecule has 0 unspecified atom stereocenters. The fourth-order valence-electron chi connectivity index (χ4n) is 3.54. The normalized spacial score (nSPS) is 13.9. The Morgan fingerprint density at radius 3 is 2.25 bits per heavy atom. The number of imide groups is 1. The van der Waals surface area contributed by atoms with Crippen LogP contribution in [0.2, 0.25) is 5.02 Å². The predicted octanol–water partition coefficient (Wildman–Crippen LogP) is 6.36. The van der Waals surface area contributed by atoms with E-state index in [0.29, 0.717) is 22.0 Å². The third-order valence-electron chi connectivity index (χ3n) is 5.34. The first-order valence-corrected chi connectivity index (χ1v) is 11.1. The molecule has 11 heteroatoms. The van der Waals surface area contributed by atoms with Crippen LogP contribution in [0.3, 0.4) is 0 Å². The summed E-state index contributed by atoms with van der Waals surface area (Å²) >= 11 is 12.2. The number of carbonyl (C=O) groups excluding carboxylic acids is 3. The van der Waals surface area contributed by atoms with Crippen LogP contribution in [0.25, 0.3) is 0 Å². The molecule has 36 heavy (non-hydrogen) atoms. The molecule has 4 rings (SSSR count). The van der Waals surface area contributed by atoms with Gasteiger partial charge in [0.15, 0.2) is 0 Å². The first kappa shape index (κ1) is 25.3. The van der Waals surface area contributed by atoms with E-state index >= 15 is 0 Å². The van der Waals surface area contributed by atoms with E-state index in [1.165, 1.54) is 42.5 Å². The number of anilines is 3. The van der Waals surface area contributed by atoms with Crippen LogP contribution in [0.15, 0.2) is 77.5 Å². The molecule has 184 valence electrons. The predicted molar refractivity (Wildman–Crippen MR) is 131 cm³/mol. The minimum Gasteiger partial charge on any atom is -0.350 e. The number of aryl methyl sites for hydroxylation is 1. The monoisotopic (exact) mass is 533 g/mol. The second-order valence-electron chi connectivity index (χ2n) is 7.77. The molecule has 0 spiro atoms. The van der Waals surface area contributed by atoms with Crippen LogP contribution in [-0.4, -0.2) is 17.7 Å². The molecule has 0 aliphatic carbocycles. The van der Waals surface area contributed by atoms with Gasteiger partial charge in [0.25, 0.3) is 17.7 Å². The number of halogens is 5. The molecule has 3 amide bonds. The molecule has 0 fully saturated rings. The fourth-order valence-corrected chi connectivity index (χ4v) is 3.92. The number of hydrogen-bond acceptors (Lipinski definition) is 4. The Morgan fingerprint density at radius 1 is 0.917 bits per heavy atom. The van der Waals surface area contributed by atoms with Crippen molar-refractivity contribution < 1.29 is 27.6 Å². The molecule has 0 aromatic heterocycles. The lowest BCUT2D eigenvalue weighted by atomic mass is 10.1. The molecule has 0 atom stereocenters. The van der Waals surface area contributed by atoms with E-state index in [9.17, 15) is 27.6 Å². The van der Waals surface area contributed by atoms with Crippen molar-refractivity contribution in [2.45, 2.75) is 13.1 Å². The molecule has 0 radical (unpaired) electrons. The van der Waals surface area contributed by atoms with Gasteiger partial charge in [0.2, 0.25) is 0 Å². The molecular weight excluding hydrogens is 518 g/mol. The Morgan fingerprint density at radius 2 is 1.58 bits per heavy atom. The van der Waals surface area contributed by atoms with Crippen LogP contribution >= 0.6 is 23.2 Å². The number of rotatable bonds is 5. The van der Waals surface area contributed by atoms with Crippen LogP contribution in [0, 0.1) is 6.92 Å². The average Bonchev–Trinajstić information content (AvgIpc) is 3.04. The van der Waals surface area contributed by atoms with Crippen molar-refractivity contribution in [3.05, 3.63) is 99.2 Å². The molecule has 0 saturated carbocycles. The zero-order valence-corrected chi connectivity index (χ0v) is 19.9. The molecule has 0 bridgehead atoms. The lowest BCUT2D eigenvalue weighted by molar-refractivity contribution is -0.137. The highest BCUT2D eigenvalue weighted by molar-refractivity contribution is 6.53. The second kappa shape index (κ2) is 9.67. The van der Waals surface area contributed by atoms with Gasteiger partial charge in [0, 0.05) is 16.3 Å². The molecular formula is C25H16Cl2F3N3O3. The quantitative estimate of drug-likeness (QED) is 0.374. The van der Waals surface area contributed by atoms with Gasteiger partial charge in [0.1, 0.15) is 10.7 Å². The van der Waals surface area contributed by atoms with E-state index in [2.05, 4.69) is 10.6 Å². The van der Waals surface area contributed by atoms with Crippen molar-refractivity contribution in [3.63, 3.8) is 0 Å². The summed E-state index contributed by atoms with van der Waals surface area (Å²) in [4.78, 5) is 39.1. The summed E-state index contributed by atoms with van der Waals surface area (Å²) in [6, 6.07) is 14.9. The largest absolute Gasteiger partial charge is 0.418 e. The van der Waals surface area contributed by atoms with Gasteiger partial charge in [-0.1, -0.05) is 41.4 Å². The summed E-state index contributed by atoms with van der Waals surface area (Å²) in [7, 11) is 0. The number of carbonyl (C=O) groups is 3. The number of hydrogen-bond donors (Lipinski definition) is 2. The molecule has 2 N–H and O–H groups in total. The van der Waals surface area contributed by atoms with E-state index in [1.54, 1.807) is 19.1 Å². The van der Waals surface area contributed by atoms with Crippen molar-refractivity contribution in [3.8, 4) is 0 Å². The van der Waals surface area contributed by atoms with Crippen molar-refractivity contribution in [1.29, 1.82) is 0 Å². The van der Waals surface area contributed by atoms with E-state index in [4.69, 9.17) is 23.2 Å². The van der Waals surface area contributed by atoms with Gasteiger partial charge in [-0.15, -0.1) is 0 Å². The number of alkyl halides is 3. The maximum Gasteiger partial charge on any atom is 0.418 e. The van der Waals surface area contributed by atoms with E-state index in [-0.39, 0.29) is 22.0 Å². The van der Waals surface area contributed by atoms with E-state index in [0.717, 1.165) is 17.0 Å². The topological polar surface area (TPSA) is 78.5 Å². The number of amides is 3. The number of benzene rings is 3. The van der Waals surface area contributed by atoms with Crippen molar-refractivity contribution >= 4 is 58.0 Å². The summed E-state index contributed by atoms with van der Waals surface area (Å²) in [6.07, 6.45) is -4.63. The second-order valence-corrected chi connectivity index (χ2v) is 8.58. The molecule has 1 aliphatic heterocycles. The molecule has 1 heterocycles. The minimum atomic E-state index is -4.63. The Balaban J connectivity index is 1.51. The highest BCUT2D eigenvalue weighted by Gasteiger charge is 2.39. The van der Waals surface area contributed by atoms with Gasteiger partial charge in [-0.2, -0.15) is 13.2 Å². The number of nitrogens with zero attached hydrogens (tertiary/aromatic N) is 1. The van der Waals surface area contributed by atoms with E-state index < -0.39 is 29.5 Å². The Kier molecular flexibility index (Phi) is 6.79. The smallest absolute Gasteiger partial charge is 0.350 e. The highest BCUT2D eigenvalue weighted by Crippen LogP contribution is 2.35. The average molecular weight is 534 g/mol. The first-order valence-electron chi connectivity index (χ1n) is 10.4. The Labute approximate surface area is 213 Å². The van der Waals surface area contributed by atoms with Gasteiger partial charge < -0.3 is 10.6 Å².